The Hall–Kier alpha value is -1.69. The normalized spacial score (nSPS) is 21.8. The van der Waals surface area contributed by atoms with Gasteiger partial charge in [-0.05, 0) is 31.5 Å². The van der Waals surface area contributed by atoms with Crippen LogP contribution in [0.15, 0.2) is 59.5 Å². The Bertz CT molecular complexity index is 757. The van der Waals surface area contributed by atoms with Gasteiger partial charge in [-0.25, -0.2) is 0 Å². The van der Waals surface area contributed by atoms with E-state index in [0.717, 1.165) is 12.1 Å². The van der Waals surface area contributed by atoms with Crippen LogP contribution < -0.4 is 0 Å². The van der Waals surface area contributed by atoms with Crippen LogP contribution in [0.2, 0.25) is 0 Å². The van der Waals surface area contributed by atoms with E-state index in [1.54, 1.807) is 24.3 Å². The monoisotopic (exact) mass is 331 g/mol. The molecule has 1 aliphatic heterocycles. The second-order valence-electron chi connectivity index (χ2n) is 5.99. The molecule has 1 heterocycles. The van der Waals surface area contributed by atoms with E-state index in [1.807, 2.05) is 25.1 Å². The van der Waals surface area contributed by atoms with E-state index in [-0.39, 0.29) is 23.6 Å². The average molecular weight is 331 g/mol. The Morgan fingerprint density at radius 3 is 2.43 bits per heavy atom. The van der Waals surface area contributed by atoms with Gasteiger partial charge in [-0.2, -0.15) is 8.42 Å². The summed E-state index contributed by atoms with van der Waals surface area (Å²) in [7, 11) is -3.67. The van der Waals surface area contributed by atoms with E-state index in [1.165, 1.54) is 5.56 Å². The molecule has 0 aromatic heterocycles. The van der Waals surface area contributed by atoms with Gasteiger partial charge >= 0.3 is 0 Å². The maximum absolute atomic E-state index is 12.2. The van der Waals surface area contributed by atoms with Gasteiger partial charge in [0, 0.05) is 18.6 Å². The molecule has 0 bridgehead atoms. The summed E-state index contributed by atoms with van der Waals surface area (Å²) in [6, 6.07) is 17.3. The van der Waals surface area contributed by atoms with Crippen molar-refractivity contribution in [1.82, 2.24) is 4.90 Å². The van der Waals surface area contributed by atoms with Crippen molar-refractivity contribution < 1.29 is 12.6 Å². The summed E-state index contributed by atoms with van der Waals surface area (Å²) >= 11 is 0. The molecule has 0 N–H and O–H groups in total. The van der Waals surface area contributed by atoms with Gasteiger partial charge in [0.1, 0.15) is 0 Å². The highest BCUT2D eigenvalue weighted by Gasteiger charge is 2.39. The Balaban J connectivity index is 1.57. The van der Waals surface area contributed by atoms with E-state index < -0.39 is 10.1 Å². The van der Waals surface area contributed by atoms with Crippen LogP contribution in [-0.2, 0) is 14.3 Å². The molecule has 5 heteroatoms. The molecule has 2 aromatic rings. The fourth-order valence-electron chi connectivity index (χ4n) is 2.68. The van der Waals surface area contributed by atoms with Gasteiger partial charge < -0.3 is 0 Å². The van der Waals surface area contributed by atoms with Crippen LogP contribution in [0.3, 0.4) is 0 Å². The van der Waals surface area contributed by atoms with E-state index in [0.29, 0.717) is 0 Å². The van der Waals surface area contributed by atoms with Gasteiger partial charge in [-0.3, -0.25) is 9.08 Å². The number of rotatable bonds is 6. The summed E-state index contributed by atoms with van der Waals surface area (Å²) in [5.41, 5.74) is 2.25. The first-order valence-corrected chi connectivity index (χ1v) is 9.15. The fourth-order valence-corrected chi connectivity index (χ4v) is 3.62. The second-order valence-corrected chi connectivity index (χ2v) is 7.60. The van der Waals surface area contributed by atoms with Crippen molar-refractivity contribution in [1.29, 1.82) is 0 Å². The third kappa shape index (κ3) is 3.80. The minimum Gasteiger partial charge on any atom is -0.288 e. The number of hydrogen-bond donors (Lipinski definition) is 0. The van der Waals surface area contributed by atoms with Crippen molar-refractivity contribution in [2.45, 2.75) is 30.8 Å². The smallest absolute Gasteiger partial charge is 0.288 e. The number of benzene rings is 2. The maximum Gasteiger partial charge on any atom is 0.297 e. The van der Waals surface area contributed by atoms with Crippen LogP contribution in [-0.4, -0.2) is 32.5 Å². The zero-order valence-electron chi connectivity index (χ0n) is 13.3. The molecule has 0 aliphatic carbocycles. The molecule has 1 saturated heterocycles. The van der Waals surface area contributed by atoms with Crippen molar-refractivity contribution in [3.63, 3.8) is 0 Å². The predicted octanol–water partition coefficient (Wildman–Crippen LogP) is 3.15. The lowest BCUT2D eigenvalue weighted by molar-refractivity contribution is 0.281. The molecule has 4 nitrogen and oxygen atoms in total. The van der Waals surface area contributed by atoms with Gasteiger partial charge in [-0.15, -0.1) is 0 Å². The summed E-state index contributed by atoms with van der Waals surface area (Å²) in [4.78, 5) is 2.45. The third-order valence-electron chi connectivity index (χ3n) is 4.26. The first-order chi connectivity index (χ1) is 11.0. The molecule has 0 saturated carbocycles. The minimum absolute atomic E-state index is 0.158. The molecule has 23 heavy (non-hydrogen) atoms. The van der Waals surface area contributed by atoms with Gasteiger partial charge in [-0.1, -0.05) is 48.0 Å². The van der Waals surface area contributed by atoms with E-state index >= 15 is 0 Å². The Kier molecular flexibility index (Phi) is 4.53. The molecule has 3 rings (SSSR count). The van der Waals surface area contributed by atoms with Gasteiger partial charge in [0.15, 0.2) is 0 Å². The summed E-state index contributed by atoms with van der Waals surface area (Å²) in [6.45, 7) is 5.11. The summed E-state index contributed by atoms with van der Waals surface area (Å²) in [5.74, 6) is 0. The zero-order chi connectivity index (χ0) is 16.4. The van der Waals surface area contributed by atoms with Gasteiger partial charge in [0.2, 0.25) is 0 Å². The van der Waals surface area contributed by atoms with Crippen molar-refractivity contribution >= 4 is 10.1 Å². The maximum atomic E-state index is 12.2. The summed E-state index contributed by atoms with van der Waals surface area (Å²) in [5, 5.41) is 0. The number of aryl methyl sites for hydroxylation is 1. The third-order valence-corrected chi connectivity index (χ3v) is 5.56. The van der Waals surface area contributed by atoms with E-state index in [4.69, 9.17) is 4.18 Å². The fraction of sp³-hybridized carbons (Fsp3) is 0.333. The predicted molar refractivity (Wildman–Crippen MR) is 89.7 cm³/mol. The molecule has 0 amide bonds. The van der Waals surface area contributed by atoms with Crippen LogP contribution in [0.25, 0.3) is 0 Å². The van der Waals surface area contributed by atoms with Crippen molar-refractivity contribution in [2.75, 3.05) is 13.2 Å². The van der Waals surface area contributed by atoms with Crippen LogP contribution in [0.5, 0.6) is 0 Å². The largest absolute Gasteiger partial charge is 0.297 e. The molecule has 0 radical (unpaired) electrons. The van der Waals surface area contributed by atoms with Gasteiger partial charge in [0.05, 0.1) is 11.5 Å². The molecule has 1 unspecified atom stereocenters. The Labute approximate surface area is 137 Å². The number of nitrogens with zero attached hydrogens (tertiary/aromatic N) is 1. The minimum atomic E-state index is -3.67. The highest BCUT2D eigenvalue weighted by molar-refractivity contribution is 7.86. The first-order valence-electron chi connectivity index (χ1n) is 7.74. The molecule has 2 aromatic carbocycles. The summed E-state index contributed by atoms with van der Waals surface area (Å²) < 4.78 is 29.6. The number of hydrogen-bond acceptors (Lipinski definition) is 4. The van der Waals surface area contributed by atoms with Crippen molar-refractivity contribution in [3.8, 4) is 0 Å². The molecular formula is C18H21NO3S. The molecule has 1 fully saturated rings. The van der Waals surface area contributed by atoms with Crippen LogP contribution in [0.1, 0.15) is 24.1 Å². The van der Waals surface area contributed by atoms with Crippen molar-refractivity contribution in [3.05, 3.63) is 65.7 Å². The molecule has 0 spiro atoms. The van der Waals surface area contributed by atoms with Crippen molar-refractivity contribution in [2.24, 2.45) is 0 Å². The second kappa shape index (κ2) is 6.43. The molecule has 1 aliphatic rings. The molecular weight excluding hydrogens is 310 g/mol. The first kappa shape index (κ1) is 16.2. The SMILES string of the molecule is Cc1ccc(S(=O)(=O)OC[C@H]2CN2[C@H](C)c2ccccc2)cc1. The lowest BCUT2D eigenvalue weighted by Crippen LogP contribution is -2.16. The lowest BCUT2D eigenvalue weighted by atomic mass is 10.1. The van der Waals surface area contributed by atoms with E-state index in [9.17, 15) is 8.42 Å². The highest BCUT2D eigenvalue weighted by Crippen LogP contribution is 2.32. The van der Waals surface area contributed by atoms with E-state index in [2.05, 4.69) is 24.0 Å². The molecule has 3 atom stereocenters. The zero-order valence-corrected chi connectivity index (χ0v) is 14.2. The summed E-state index contributed by atoms with van der Waals surface area (Å²) in [6.07, 6.45) is 0. The average Bonchev–Trinajstić information content (AvgIpc) is 3.33. The quantitative estimate of drug-likeness (QED) is 0.603. The topological polar surface area (TPSA) is 46.4 Å². The standard InChI is InChI=1S/C18H21NO3S/c1-14-8-10-18(11-9-14)23(20,21)22-13-17-12-19(17)15(2)16-6-4-3-5-7-16/h3-11,15,17H,12-13H2,1-2H3/t15-,17-,19?/m1/s1. The molecule has 122 valence electrons. The Morgan fingerprint density at radius 2 is 1.78 bits per heavy atom. The van der Waals surface area contributed by atoms with Gasteiger partial charge in [0.25, 0.3) is 10.1 Å². The van der Waals surface area contributed by atoms with Crippen LogP contribution >= 0.6 is 0 Å². The van der Waals surface area contributed by atoms with Crippen LogP contribution in [0, 0.1) is 6.92 Å². The van der Waals surface area contributed by atoms with Crippen LogP contribution in [0.4, 0.5) is 0 Å². The Morgan fingerprint density at radius 1 is 1.13 bits per heavy atom. The highest BCUT2D eigenvalue weighted by atomic mass is 32.2. The lowest BCUT2D eigenvalue weighted by Gasteiger charge is -2.14.